The van der Waals surface area contributed by atoms with Crippen molar-refractivity contribution < 1.29 is 9.18 Å². The largest absolute Gasteiger partial charge is 0.320 e. The summed E-state index contributed by atoms with van der Waals surface area (Å²) in [4.78, 5) is 13.5. The number of hydrogen-bond donors (Lipinski definition) is 0. The predicted octanol–water partition coefficient (Wildman–Crippen LogP) is 3.72. The molecule has 1 amide bonds. The van der Waals surface area contributed by atoms with Gasteiger partial charge in [0.15, 0.2) is 0 Å². The summed E-state index contributed by atoms with van der Waals surface area (Å²) < 4.78 is 13.9. The molecule has 2 rings (SSSR count). The maximum Gasteiger partial charge on any atom is 0.227 e. The molecule has 0 N–H and O–H groups in total. The van der Waals surface area contributed by atoms with E-state index in [0.29, 0.717) is 17.0 Å². The lowest BCUT2D eigenvalue weighted by Crippen LogP contribution is -2.32. The molecule has 0 fully saturated rings. The smallest absolute Gasteiger partial charge is 0.227 e. The van der Waals surface area contributed by atoms with Gasteiger partial charge in [0.05, 0.1) is 0 Å². The van der Waals surface area contributed by atoms with Crippen molar-refractivity contribution in [3.63, 3.8) is 0 Å². The highest BCUT2D eigenvalue weighted by Crippen LogP contribution is 2.36. The number of nitrogens with zero attached hydrogens (tertiary/aromatic N) is 1. The Morgan fingerprint density at radius 1 is 1.39 bits per heavy atom. The molecule has 1 unspecified atom stereocenters. The molecule has 1 heterocycles. The number of carbonyl (C=O) groups is 1. The van der Waals surface area contributed by atoms with Crippen molar-refractivity contribution in [1.82, 2.24) is 4.90 Å². The van der Waals surface area contributed by atoms with E-state index in [1.54, 1.807) is 24.1 Å². The van der Waals surface area contributed by atoms with E-state index in [0.717, 1.165) is 11.3 Å². The number of benzene rings is 1. The van der Waals surface area contributed by atoms with Crippen molar-refractivity contribution in [1.29, 1.82) is 0 Å². The standard InChI is InChI=1S/C14H15ClFNO/c1-8-9(2)17(3)14(18)7-12(8)11-5-4-10(15)6-13(11)16/h4-6,12H,7H2,1-3H3. The van der Waals surface area contributed by atoms with Gasteiger partial charge in [-0.05, 0) is 37.1 Å². The molecule has 0 radical (unpaired) electrons. The van der Waals surface area contributed by atoms with Crippen LogP contribution in [-0.2, 0) is 4.79 Å². The van der Waals surface area contributed by atoms with E-state index in [9.17, 15) is 9.18 Å². The molecule has 0 saturated carbocycles. The number of amides is 1. The first kappa shape index (κ1) is 13.1. The van der Waals surface area contributed by atoms with Gasteiger partial charge in [-0.3, -0.25) is 4.79 Å². The van der Waals surface area contributed by atoms with Crippen molar-refractivity contribution in [3.8, 4) is 0 Å². The van der Waals surface area contributed by atoms with Gasteiger partial charge >= 0.3 is 0 Å². The minimum Gasteiger partial charge on any atom is -0.320 e. The third-order valence-corrected chi connectivity index (χ3v) is 3.92. The maximum atomic E-state index is 13.9. The van der Waals surface area contributed by atoms with Crippen LogP contribution >= 0.6 is 11.6 Å². The Labute approximate surface area is 111 Å². The Morgan fingerprint density at radius 3 is 2.67 bits per heavy atom. The van der Waals surface area contributed by atoms with Gasteiger partial charge in [0, 0.05) is 30.1 Å². The fraction of sp³-hybridized carbons (Fsp3) is 0.357. The molecule has 0 spiro atoms. The normalized spacial score (nSPS) is 20.6. The van der Waals surface area contributed by atoms with Crippen LogP contribution < -0.4 is 0 Å². The second-order valence-corrected chi connectivity index (χ2v) is 5.08. The number of allylic oxidation sites excluding steroid dienone is 2. The lowest BCUT2D eigenvalue weighted by molar-refractivity contribution is -0.129. The zero-order valence-electron chi connectivity index (χ0n) is 10.6. The third-order valence-electron chi connectivity index (χ3n) is 3.69. The fourth-order valence-electron chi connectivity index (χ4n) is 2.30. The number of carbonyl (C=O) groups excluding carboxylic acids is 1. The van der Waals surface area contributed by atoms with Crippen LogP contribution in [0.3, 0.4) is 0 Å². The molecule has 1 aromatic rings. The quantitative estimate of drug-likeness (QED) is 0.759. The molecule has 96 valence electrons. The van der Waals surface area contributed by atoms with E-state index >= 15 is 0 Å². The van der Waals surface area contributed by atoms with Crippen LogP contribution in [0.1, 0.15) is 31.7 Å². The van der Waals surface area contributed by atoms with Gasteiger partial charge in [-0.25, -0.2) is 4.39 Å². The number of halogens is 2. The maximum absolute atomic E-state index is 13.9. The average Bonchev–Trinajstić information content (AvgIpc) is 2.32. The van der Waals surface area contributed by atoms with Gasteiger partial charge < -0.3 is 4.90 Å². The molecule has 4 heteroatoms. The molecular weight excluding hydrogens is 253 g/mol. The molecule has 1 aliphatic rings. The lowest BCUT2D eigenvalue weighted by Gasteiger charge is -2.31. The summed E-state index contributed by atoms with van der Waals surface area (Å²) in [5, 5.41) is 0.369. The Balaban J connectivity index is 2.48. The molecule has 0 aliphatic carbocycles. The Hall–Kier alpha value is -1.35. The molecule has 1 aliphatic heterocycles. The van der Waals surface area contributed by atoms with Crippen LogP contribution in [0.15, 0.2) is 29.5 Å². The van der Waals surface area contributed by atoms with Crippen molar-refractivity contribution in [2.75, 3.05) is 7.05 Å². The Morgan fingerprint density at radius 2 is 2.06 bits per heavy atom. The van der Waals surface area contributed by atoms with E-state index in [1.807, 2.05) is 13.8 Å². The molecule has 18 heavy (non-hydrogen) atoms. The van der Waals surface area contributed by atoms with Gasteiger partial charge in [-0.15, -0.1) is 0 Å². The van der Waals surface area contributed by atoms with Gasteiger partial charge in [-0.2, -0.15) is 0 Å². The predicted molar refractivity (Wildman–Crippen MR) is 69.9 cm³/mol. The summed E-state index contributed by atoms with van der Waals surface area (Å²) in [6, 6.07) is 4.62. The molecule has 1 atom stereocenters. The zero-order chi connectivity index (χ0) is 13.4. The minimum absolute atomic E-state index is 0.0115. The van der Waals surface area contributed by atoms with Gasteiger partial charge in [-0.1, -0.05) is 17.7 Å². The lowest BCUT2D eigenvalue weighted by atomic mass is 9.84. The highest BCUT2D eigenvalue weighted by Gasteiger charge is 2.29. The van der Waals surface area contributed by atoms with E-state index in [4.69, 9.17) is 11.6 Å². The summed E-state index contributed by atoms with van der Waals surface area (Å²) in [5.41, 5.74) is 2.46. The van der Waals surface area contributed by atoms with E-state index in [1.165, 1.54) is 6.07 Å². The van der Waals surface area contributed by atoms with E-state index < -0.39 is 0 Å². The minimum atomic E-state index is -0.350. The summed E-state index contributed by atoms with van der Waals surface area (Å²) in [6.45, 7) is 3.82. The van der Waals surface area contributed by atoms with Crippen LogP contribution in [0.4, 0.5) is 4.39 Å². The van der Waals surface area contributed by atoms with Crippen LogP contribution in [0, 0.1) is 5.82 Å². The van der Waals surface area contributed by atoms with Crippen molar-refractivity contribution in [2.24, 2.45) is 0 Å². The second-order valence-electron chi connectivity index (χ2n) is 4.64. The summed E-state index contributed by atoms with van der Waals surface area (Å²) in [6.07, 6.45) is 0.304. The summed E-state index contributed by atoms with van der Waals surface area (Å²) >= 11 is 5.75. The van der Waals surface area contributed by atoms with Crippen LogP contribution in [0.5, 0.6) is 0 Å². The molecule has 0 bridgehead atoms. The highest BCUT2D eigenvalue weighted by molar-refractivity contribution is 6.30. The molecule has 2 nitrogen and oxygen atoms in total. The second kappa shape index (κ2) is 4.73. The Kier molecular flexibility index (Phi) is 3.44. The molecule has 0 aromatic heterocycles. The summed E-state index contributed by atoms with van der Waals surface area (Å²) in [7, 11) is 1.75. The number of rotatable bonds is 1. The van der Waals surface area contributed by atoms with Gasteiger partial charge in [0.2, 0.25) is 5.91 Å². The van der Waals surface area contributed by atoms with Crippen molar-refractivity contribution >= 4 is 17.5 Å². The van der Waals surface area contributed by atoms with E-state index in [-0.39, 0.29) is 17.6 Å². The molecule has 1 aromatic carbocycles. The topological polar surface area (TPSA) is 20.3 Å². The first-order valence-electron chi connectivity index (χ1n) is 5.80. The van der Waals surface area contributed by atoms with Crippen molar-refractivity contribution in [3.05, 3.63) is 45.9 Å². The van der Waals surface area contributed by atoms with Crippen LogP contribution in [0.25, 0.3) is 0 Å². The van der Waals surface area contributed by atoms with Crippen LogP contribution in [-0.4, -0.2) is 17.9 Å². The van der Waals surface area contributed by atoms with Crippen molar-refractivity contribution in [2.45, 2.75) is 26.2 Å². The van der Waals surface area contributed by atoms with Gasteiger partial charge in [0.1, 0.15) is 5.82 Å². The summed E-state index contributed by atoms with van der Waals surface area (Å²) in [5.74, 6) is -0.527. The third kappa shape index (κ3) is 2.15. The monoisotopic (exact) mass is 267 g/mol. The Bertz CT molecular complexity index is 539. The van der Waals surface area contributed by atoms with E-state index in [2.05, 4.69) is 0 Å². The average molecular weight is 268 g/mol. The molecule has 0 saturated heterocycles. The first-order valence-corrected chi connectivity index (χ1v) is 6.18. The zero-order valence-corrected chi connectivity index (χ0v) is 11.4. The fourth-order valence-corrected chi connectivity index (χ4v) is 2.45. The first-order chi connectivity index (χ1) is 8.41. The van der Waals surface area contributed by atoms with Gasteiger partial charge in [0.25, 0.3) is 0 Å². The molecular formula is C14H15ClFNO. The number of hydrogen-bond acceptors (Lipinski definition) is 1. The highest BCUT2D eigenvalue weighted by atomic mass is 35.5. The van der Waals surface area contributed by atoms with Crippen LogP contribution in [0.2, 0.25) is 5.02 Å². The SMILES string of the molecule is CC1=C(C)N(C)C(=O)CC1c1ccc(Cl)cc1F.